The van der Waals surface area contributed by atoms with Crippen LogP contribution in [-0.2, 0) is 14.3 Å². The first-order valence-corrected chi connectivity index (χ1v) is 6.22. The van der Waals surface area contributed by atoms with E-state index < -0.39 is 5.97 Å². The monoisotopic (exact) mass is 278 g/mol. The molecule has 2 amide bonds. The van der Waals surface area contributed by atoms with E-state index in [9.17, 15) is 14.4 Å². The minimum absolute atomic E-state index is 0.105. The molecule has 0 aromatic heterocycles. The van der Waals surface area contributed by atoms with Gasteiger partial charge in [0.15, 0.2) is 0 Å². The van der Waals surface area contributed by atoms with Gasteiger partial charge in [0.1, 0.15) is 0 Å². The number of carbonyl (C=O) groups is 3. The van der Waals surface area contributed by atoms with E-state index in [4.69, 9.17) is 0 Å². The molecule has 0 fully saturated rings. The fraction of sp³-hybridized carbons (Fsp3) is 0.357. The first-order valence-electron chi connectivity index (χ1n) is 6.22. The third kappa shape index (κ3) is 5.09. The van der Waals surface area contributed by atoms with Gasteiger partial charge < -0.3 is 15.4 Å². The second kappa shape index (κ2) is 7.93. The van der Waals surface area contributed by atoms with Gasteiger partial charge in [0.05, 0.1) is 20.1 Å². The summed E-state index contributed by atoms with van der Waals surface area (Å²) in [7, 11) is 1.28. The molecule has 6 heteroatoms. The van der Waals surface area contributed by atoms with E-state index in [0.717, 1.165) is 5.56 Å². The number of ether oxygens (including phenoxy) is 1. The Kier molecular flexibility index (Phi) is 6.22. The van der Waals surface area contributed by atoms with Gasteiger partial charge in [0.25, 0.3) is 5.91 Å². The molecule has 108 valence electrons. The molecule has 0 aliphatic rings. The zero-order valence-electron chi connectivity index (χ0n) is 11.6. The van der Waals surface area contributed by atoms with Gasteiger partial charge in [-0.15, -0.1) is 0 Å². The number of benzene rings is 1. The van der Waals surface area contributed by atoms with E-state index in [1.165, 1.54) is 7.11 Å². The first-order chi connectivity index (χ1) is 9.54. The Hall–Kier alpha value is -2.37. The third-order valence-corrected chi connectivity index (χ3v) is 2.68. The van der Waals surface area contributed by atoms with Gasteiger partial charge in [-0.25, -0.2) is 0 Å². The minimum atomic E-state index is -0.394. The van der Waals surface area contributed by atoms with Gasteiger partial charge in [-0.3, -0.25) is 14.4 Å². The van der Waals surface area contributed by atoms with Crippen molar-refractivity contribution in [3.05, 3.63) is 35.4 Å². The predicted molar refractivity (Wildman–Crippen MR) is 73.2 cm³/mol. The third-order valence-electron chi connectivity index (χ3n) is 2.68. The maximum atomic E-state index is 11.8. The van der Waals surface area contributed by atoms with Gasteiger partial charge in [0, 0.05) is 12.1 Å². The van der Waals surface area contributed by atoms with Gasteiger partial charge >= 0.3 is 5.97 Å². The number of rotatable bonds is 6. The van der Waals surface area contributed by atoms with Crippen molar-refractivity contribution in [1.82, 2.24) is 10.6 Å². The average molecular weight is 278 g/mol. The molecule has 0 aliphatic carbocycles. The average Bonchev–Trinajstić information content (AvgIpc) is 2.45. The Morgan fingerprint density at radius 2 is 1.85 bits per heavy atom. The number of methoxy groups -OCH3 is 1. The van der Waals surface area contributed by atoms with E-state index in [1.54, 1.807) is 12.1 Å². The molecule has 0 bridgehead atoms. The topological polar surface area (TPSA) is 84.5 Å². The van der Waals surface area contributed by atoms with Gasteiger partial charge in [-0.05, 0) is 18.6 Å². The number of hydrogen-bond donors (Lipinski definition) is 2. The second-order valence-electron chi connectivity index (χ2n) is 4.17. The van der Waals surface area contributed by atoms with Crippen molar-refractivity contribution in [3.63, 3.8) is 0 Å². The Balaban J connectivity index is 2.33. The van der Waals surface area contributed by atoms with Crippen LogP contribution in [0.1, 0.15) is 22.3 Å². The quantitative estimate of drug-likeness (QED) is 0.738. The molecule has 0 saturated heterocycles. The molecule has 1 aromatic carbocycles. The lowest BCUT2D eigenvalue weighted by Gasteiger charge is -2.08. The summed E-state index contributed by atoms with van der Waals surface area (Å²) in [5, 5.41) is 5.04. The lowest BCUT2D eigenvalue weighted by atomic mass is 10.1. The van der Waals surface area contributed by atoms with Crippen LogP contribution in [0.5, 0.6) is 0 Å². The van der Waals surface area contributed by atoms with Crippen molar-refractivity contribution in [1.29, 1.82) is 0 Å². The Morgan fingerprint density at radius 3 is 2.50 bits per heavy atom. The maximum absolute atomic E-state index is 11.8. The molecule has 0 spiro atoms. The molecule has 0 saturated carbocycles. The van der Waals surface area contributed by atoms with Crippen molar-refractivity contribution >= 4 is 17.8 Å². The first kappa shape index (κ1) is 15.7. The summed E-state index contributed by atoms with van der Waals surface area (Å²) in [6, 6.07) is 7.12. The molecule has 0 heterocycles. The second-order valence-corrected chi connectivity index (χ2v) is 4.17. The Labute approximate surface area is 117 Å². The normalized spacial score (nSPS) is 9.70. The van der Waals surface area contributed by atoms with Gasteiger partial charge in [-0.2, -0.15) is 0 Å². The van der Waals surface area contributed by atoms with Crippen LogP contribution < -0.4 is 10.6 Å². The lowest BCUT2D eigenvalue weighted by molar-refractivity contribution is -0.140. The SMILES string of the molecule is COC(=O)CCNC(=O)CNC(=O)c1ccccc1C. The standard InChI is InChI=1S/C14H18N2O4/c1-10-5-3-4-6-11(10)14(19)16-9-12(17)15-8-7-13(18)20-2/h3-6H,7-9H2,1-2H3,(H,15,17)(H,16,19). The minimum Gasteiger partial charge on any atom is -0.469 e. The van der Waals surface area contributed by atoms with Crippen molar-refractivity contribution < 1.29 is 19.1 Å². The largest absolute Gasteiger partial charge is 0.469 e. The highest BCUT2D eigenvalue weighted by molar-refractivity contribution is 5.97. The molecule has 0 radical (unpaired) electrons. The molecule has 2 N–H and O–H groups in total. The fourth-order valence-electron chi connectivity index (χ4n) is 1.55. The Morgan fingerprint density at radius 1 is 1.15 bits per heavy atom. The number of amides is 2. The van der Waals surface area contributed by atoms with Crippen LogP contribution in [0.25, 0.3) is 0 Å². The number of nitrogens with one attached hydrogen (secondary N) is 2. The fourth-order valence-corrected chi connectivity index (χ4v) is 1.55. The lowest BCUT2D eigenvalue weighted by Crippen LogP contribution is -2.37. The number of carbonyl (C=O) groups excluding carboxylic acids is 3. The highest BCUT2D eigenvalue weighted by Gasteiger charge is 2.10. The number of aryl methyl sites for hydroxylation is 1. The molecule has 1 rings (SSSR count). The van der Waals surface area contributed by atoms with Crippen molar-refractivity contribution in [2.45, 2.75) is 13.3 Å². The predicted octanol–water partition coefficient (Wildman–Crippen LogP) is 0.404. The molecule has 0 atom stereocenters. The summed E-state index contributed by atoms with van der Waals surface area (Å²) < 4.78 is 4.44. The highest BCUT2D eigenvalue weighted by Crippen LogP contribution is 2.05. The molecular weight excluding hydrogens is 260 g/mol. The maximum Gasteiger partial charge on any atom is 0.307 e. The van der Waals surface area contributed by atoms with Crippen LogP contribution in [0.15, 0.2) is 24.3 Å². The highest BCUT2D eigenvalue weighted by atomic mass is 16.5. The zero-order valence-corrected chi connectivity index (χ0v) is 11.6. The Bertz CT molecular complexity index is 500. The molecule has 20 heavy (non-hydrogen) atoms. The summed E-state index contributed by atoms with van der Waals surface area (Å²) in [6.45, 7) is 1.88. The van der Waals surface area contributed by atoms with Crippen LogP contribution in [0.2, 0.25) is 0 Å². The van der Waals surface area contributed by atoms with E-state index in [1.807, 2.05) is 19.1 Å². The molecule has 1 aromatic rings. The van der Waals surface area contributed by atoms with Crippen LogP contribution in [0.4, 0.5) is 0 Å². The summed E-state index contributed by atoms with van der Waals surface area (Å²) in [6.07, 6.45) is 0.105. The molecule has 6 nitrogen and oxygen atoms in total. The summed E-state index contributed by atoms with van der Waals surface area (Å²) in [4.78, 5) is 34.1. The zero-order chi connectivity index (χ0) is 15.0. The smallest absolute Gasteiger partial charge is 0.307 e. The number of esters is 1. The molecule has 0 unspecified atom stereocenters. The van der Waals surface area contributed by atoms with Crippen molar-refractivity contribution in [2.24, 2.45) is 0 Å². The summed E-state index contributed by atoms with van der Waals surface area (Å²) >= 11 is 0. The van der Waals surface area contributed by atoms with E-state index >= 15 is 0 Å². The van der Waals surface area contributed by atoms with Crippen LogP contribution in [0, 0.1) is 6.92 Å². The van der Waals surface area contributed by atoms with Gasteiger partial charge in [0.2, 0.25) is 5.91 Å². The van der Waals surface area contributed by atoms with E-state index in [2.05, 4.69) is 15.4 Å². The van der Waals surface area contributed by atoms with Gasteiger partial charge in [-0.1, -0.05) is 18.2 Å². The van der Waals surface area contributed by atoms with Crippen LogP contribution in [0.3, 0.4) is 0 Å². The van der Waals surface area contributed by atoms with Crippen LogP contribution >= 0.6 is 0 Å². The van der Waals surface area contributed by atoms with E-state index in [-0.39, 0.29) is 31.3 Å². The number of hydrogen-bond acceptors (Lipinski definition) is 4. The molecule has 0 aliphatic heterocycles. The summed E-state index contributed by atoms with van der Waals surface area (Å²) in [5.41, 5.74) is 1.38. The van der Waals surface area contributed by atoms with Crippen LogP contribution in [-0.4, -0.2) is 38.0 Å². The van der Waals surface area contributed by atoms with Crippen molar-refractivity contribution in [2.75, 3.05) is 20.2 Å². The van der Waals surface area contributed by atoms with E-state index in [0.29, 0.717) is 5.56 Å². The van der Waals surface area contributed by atoms with Crippen molar-refractivity contribution in [3.8, 4) is 0 Å². The molecular formula is C14H18N2O4. The summed E-state index contributed by atoms with van der Waals surface area (Å²) in [5.74, 6) is -1.05.